The van der Waals surface area contributed by atoms with Gasteiger partial charge in [-0.15, -0.1) is 0 Å². The summed E-state index contributed by atoms with van der Waals surface area (Å²) in [5.41, 5.74) is 1.35. The third-order valence-electron chi connectivity index (χ3n) is 2.35. The highest BCUT2D eigenvalue weighted by Crippen LogP contribution is 2.16. The van der Waals surface area contributed by atoms with Crippen LogP contribution in [0.1, 0.15) is 38.3 Å². The van der Waals surface area contributed by atoms with E-state index in [1.807, 2.05) is 0 Å². The van der Waals surface area contributed by atoms with Gasteiger partial charge in [-0.3, -0.25) is 0 Å². The zero-order chi connectivity index (χ0) is 10.4. The topological polar surface area (TPSA) is 12.0 Å². The number of nitrogens with one attached hydrogen (secondary N) is 1. The second kappa shape index (κ2) is 6.20. The third-order valence-corrected chi connectivity index (χ3v) is 2.88. The fourth-order valence-electron chi connectivity index (χ4n) is 1.36. The van der Waals surface area contributed by atoms with Crippen LogP contribution < -0.4 is 5.32 Å². The van der Waals surface area contributed by atoms with Crippen molar-refractivity contribution < 1.29 is 0 Å². The van der Waals surface area contributed by atoms with E-state index in [1.165, 1.54) is 18.4 Å². The molecule has 1 aromatic rings. The van der Waals surface area contributed by atoms with Crippen molar-refractivity contribution in [3.8, 4) is 0 Å². The summed E-state index contributed by atoms with van der Waals surface area (Å²) in [6.07, 6.45) is 2.50. The Labute approximate surface area is 95.0 Å². The molecule has 0 radical (unpaired) electrons. The van der Waals surface area contributed by atoms with Crippen LogP contribution in [-0.2, 0) is 0 Å². The molecule has 2 heteroatoms. The molecule has 1 rings (SSSR count). The molecule has 0 amide bonds. The van der Waals surface area contributed by atoms with E-state index in [0.717, 1.165) is 11.0 Å². The van der Waals surface area contributed by atoms with Crippen LogP contribution in [0.15, 0.2) is 28.7 Å². The van der Waals surface area contributed by atoms with E-state index >= 15 is 0 Å². The van der Waals surface area contributed by atoms with Crippen molar-refractivity contribution in [3.63, 3.8) is 0 Å². The first kappa shape index (κ1) is 11.7. The summed E-state index contributed by atoms with van der Waals surface area (Å²) in [4.78, 5) is 0. The molecule has 0 saturated carbocycles. The van der Waals surface area contributed by atoms with Gasteiger partial charge in [0.25, 0.3) is 0 Å². The number of hydrogen-bond donors (Lipinski definition) is 1. The molecule has 0 aliphatic carbocycles. The maximum absolute atomic E-state index is 3.50. The zero-order valence-corrected chi connectivity index (χ0v) is 10.5. The summed E-state index contributed by atoms with van der Waals surface area (Å²) in [6.45, 7) is 5.53. The van der Waals surface area contributed by atoms with E-state index < -0.39 is 0 Å². The van der Waals surface area contributed by atoms with Crippen molar-refractivity contribution >= 4 is 15.9 Å². The molecule has 0 saturated heterocycles. The lowest BCUT2D eigenvalue weighted by molar-refractivity contribution is 0.554. The lowest BCUT2D eigenvalue weighted by Gasteiger charge is -2.13. The molecule has 1 nitrogen and oxygen atoms in total. The molecule has 78 valence electrons. The minimum Gasteiger partial charge on any atom is -0.310 e. The van der Waals surface area contributed by atoms with Gasteiger partial charge in [-0.25, -0.2) is 0 Å². The summed E-state index contributed by atoms with van der Waals surface area (Å²) in [5.74, 6) is 0. The first-order valence-electron chi connectivity index (χ1n) is 5.23. The molecule has 14 heavy (non-hydrogen) atoms. The van der Waals surface area contributed by atoms with E-state index in [9.17, 15) is 0 Å². The molecule has 0 aromatic heterocycles. The molecule has 0 unspecified atom stereocenters. The van der Waals surface area contributed by atoms with Gasteiger partial charge in [-0.05, 0) is 37.6 Å². The smallest absolute Gasteiger partial charge is 0.0291 e. The second-order valence-corrected chi connectivity index (χ2v) is 4.50. The normalized spacial score (nSPS) is 12.8. The maximum Gasteiger partial charge on any atom is 0.0291 e. The van der Waals surface area contributed by atoms with Crippen molar-refractivity contribution in [3.05, 3.63) is 34.3 Å². The summed E-state index contributed by atoms with van der Waals surface area (Å²) < 4.78 is 1.14. The Balaban J connectivity index is 2.43. The van der Waals surface area contributed by atoms with Crippen LogP contribution in [0.2, 0.25) is 0 Å². The molecule has 1 aromatic carbocycles. The molecule has 0 heterocycles. The van der Waals surface area contributed by atoms with Crippen molar-refractivity contribution in [1.29, 1.82) is 0 Å². The molecule has 0 aliphatic heterocycles. The van der Waals surface area contributed by atoms with Crippen LogP contribution >= 0.6 is 15.9 Å². The third kappa shape index (κ3) is 3.81. The largest absolute Gasteiger partial charge is 0.310 e. The molecular formula is C12H18BrN. The fourth-order valence-corrected chi connectivity index (χ4v) is 1.63. The highest BCUT2D eigenvalue weighted by atomic mass is 79.9. The van der Waals surface area contributed by atoms with Crippen LogP contribution in [-0.4, -0.2) is 6.54 Å². The Kier molecular flexibility index (Phi) is 5.20. The molecular weight excluding hydrogens is 238 g/mol. The van der Waals surface area contributed by atoms with Gasteiger partial charge >= 0.3 is 0 Å². The van der Waals surface area contributed by atoms with E-state index in [-0.39, 0.29) is 0 Å². The van der Waals surface area contributed by atoms with Crippen LogP contribution in [0.3, 0.4) is 0 Å². The predicted octanol–water partition coefficient (Wildman–Crippen LogP) is 3.90. The van der Waals surface area contributed by atoms with E-state index in [1.54, 1.807) is 0 Å². The van der Waals surface area contributed by atoms with E-state index in [0.29, 0.717) is 6.04 Å². The summed E-state index contributed by atoms with van der Waals surface area (Å²) in [5, 5.41) is 3.50. The Bertz CT molecular complexity index is 256. The van der Waals surface area contributed by atoms with Crippen molar-refractivity contribution in [2.45, 2.75) is 32.7 Å². The van der Waals surface area contributed by atoms with Gasteiger partial charge in [-0.1, -0.05) is 41.4 Å². The predicted molar refractivity (Wildman–Crippen MR) is 65.5 cm³/mol. The van der Waals surface area contributed by atoms with Crippen LogP contribution in [0.4, 0.5) is 0 Å². The summed E-state index contributed by atoms with van der Waals surface area (Å²) >= 11 is 3.44. The van der Waals surface area contributed by atoms with Crippen molar-refractivity contribution in [2.75, 3.05) is 6.54 Å². The maximum atomic E-state index is 3.50. The Morgan fingerprint density at radius 1 is 1.29 bits per heavy atom. The summed E-state index contributed by atoms with van der Waals surface area (Å²) in [7, 11) is 0. The second-order valence-electron chi connectivity index (χ2n) is 3.58. The van der Waals surface area contributed by atoms with Crippen LogP contribution in [0, 0.1) is 0 Å². The molecule has 0 spiro atoms. The van der Waals surface area contributed by atoms with Crippen LogP contribution in [0.25, 0.3) is 0 Å². The molecule has 1 N–H and O–H groups in total. The Hall–Kier alpha value is -0.340. The zero-order valence-electron chi connectivity index (χ0n) is 8.89. The van der Waals surface area contributed by atoms with Crippen LogP contribution in [0.5, 0.6) is 0 Å². The summed E-state index contributed by atoms with van der Waals surface area (Å²) in [6, 6.07) is 8.96. The first-order valence-corrected chi connectivity index (χ1v) is 6.02. The number of rotatable bonds is 5. The van der Waals surface area contributed by atoms with Gasteiger partial charge in [0, 0.05) is 10.5 Å². The highest BCUT2D eigenvalue weighted by Gasteiger charge is 2.02. The van der Waals surface area contributed by atoms with Gasteiger partial charge in [0.1, 0.15) is 0 Å². The van der Waals surface area contributed by atoms with Gasteiger partial charge in [0.15, 0.2) is 0 Å². The standard InChI is InChI=1S/C12H18BrN/c1-3-4-9-14-10(2)11-5-7-12(13)8-6-11/h5-8,10,14H,3-4,9H2,1-2H3/t10-/m0/s1. The average molecular weight is 256 g/mol. The number of halogens is 1. The van der Waals surface area contributed by atoms with E-state index in [2.05, 4.69) is 59.4 Å². The Morgan fingerprint density at radius 2 is 1.93 bits per heavy atom. The lowest BCUT2D eigenvalue weighted by Crippen LogP contribution is -2.19. The molecule has 0 aliphatic rings. The lowest BCUT2D eigenvalue weighted by atomic mass is 10.1. The monoisotopic (exact) mass is 255 g/mol. The number of benzene rings is 1. The van der Waals surface area contributed by atoms with Crippen molar-refractivity contribution in [2.24, 2.45) is 0 Å². The number of unbranched alkanes of at least 4 members (excludes halogenated alkanes) is 1. The number of hydrogen-bond acceptors (Lipinski definition) is 1. The Morgan fingerprint density at radius 3 is 2.50 bits per heavy atom. The SMILES string of the molecule is CCCCN[C@@H](C)c1ccc(Br)cc1. The van der Waals surface area contributed by atoms with E-state index in [4.69, 9.17) is 0 Å². The van der Waals surface area contributed by atoms with Gasteiger partial charge in [0.05, 0.1) is 0 Å². The quantitative estimate of drug-likeness (QED) is 0.788. The van der Waals surface area contributed by atoms with Gasteiger partial charge in [0.2, 0.25) is 0 Å². The molecule has 0 bridgehead atoms. The van der Waals surface area contributed by atoms with Gasteiger partial charge < -0.3 is 5.32 Å². The average Bonchev–Trinajstić information content (AvgIpc) is 2.19. The molecule has 0 fully saturated rings. The minimum atomic E-state index is 0.453. The molecule has 1 atom stereocenters. The van der Waals surface area contributed by atoms with Gasteiger partial charge in [-0.2, -0.15) is 0 Å². The van der Waals surface area contributed by atoms with Crippen molar-refractivity contribution in [1.82, 2.24) is 5.32 Å². The fraction of sp³-hybridized carbons (Fsp3) is 0.500. The first-order chi connectivity index (χ1) is 6.74. The minimum absolute atomic E-state index is 0.453. The highest BCUT2D eigenvalue weighted by molar-refractivity contribution is 9.10.